The van der Waals surface area contributed by atoms with Crippen molar-refractivity contribution in [1.82, 2.24) is 9.21 Å². The fourth-order valence-corrected chi connectivity index (χ4v) is 4.19. The lowest BCUT2D eigenvalue weighted by atomic mass is 10.3. The van der Waals surface area contributed by atoms with E-state index in [-0.39, 0.29) is 36.8 Å². The number of para-hydroxylation sites is 1. The maximum absolute atomic E-state index is 13.6. The van der Waals surface area contributed by atoms with E-state index in [0.717, 1.165) is 0 Å². The Morgan fingerprint density at radius 3 is 2.23 bits per heavy atom. The Bertz CT molecular complexity index is 898. The van der Waals surface area contributed by atoms with Crippen molar-refractivity contribution in [2.75, 3.05) is 31.5 Å². The molecule has 1 fully saturated rings. The minimum absolute atomic E-state index is 0.0914. The van der Waals surface area contributed by atoms with Gasteiger partial charge in [-0.2, -0.15) is 4.31 Å². The van der Waals surface area contributed by atoms with Crippen molar-refractivity contribution in [3.8, 4) is 0 Å². The Labute approximate surface area is 156 Å². The average molecular weight is 398 g/mol. The second-order valence-corrected chi connectivity index (χ2v) is 8.13. The molecule has 0 radical (unpaired) electrons. The number of sulfonamides is 1. The highest BCUT2D eigenvalue weighted by atomic mass is 35.5. The molecule has 1 aliphatic heterocycles. The van der Waals surface area contributed by atoms with Crippen molar-refractivity contribution in [2.24, 2.45) is 0 Å². The highest BCUT2D eigenvalue weighted by Gasteiger charge is 2.30. The lowest BCUT2D eigenvalue weighted by molar-refractivity contribution is 0.184. The van der Waals surface area contributed by atoms with Gasteiger partial charge in [-0.25, -0.2) is 17.6 Å². The molecule has 2 aromatic carbocycles. The first-order valence-electron chi connectivity index (χ1n) is 7.94. The molecule has 0 atom stereocenters. The molecular weight excluding hydrogens is 381 g/mol. The highest BCUT2D eigenvalue weighted by Crippen LogP contribution is 2.20. The van der Waals surface area contributed by atoms with Gasteiger partial charge in [0.25, 0.3) is 0 Å². The van der Waals surface area contributed by atoms with Crippen LogP contribution in [0.2, 0.25) is 5.02 Å². The number of hydrogen-bond donors (Lipinski definition) is 1. The van der Waals surface area contributed by atoms with Crippen LogP contribution in [0.25, 0.3) is 0 Å². The number of nitrogens with zero attached hydrogens (tertiary/aromatic N) is 2. The van der Waals surface area contributed by atoms with Crippen LogP contribution in [-0.2, 0) is 10.0 Å². The normalized spacial score (nSPS) is 15.7. The summed E-state index contributed by atoms with van der Waals surface area (Å²) in [5.74, 6) is -0.523. The molecule has 9 heteroatoms. The summed E-state index contributed by atoms with van der Waals surface area (Å²) in [6, 6.07) is 11.4. The Morgan fingerprint density at radius 1 is 1.00 bits per heavy atom. The van der Waals surface area contributed by atoms with E-state index in [4.69, 9.17) is 11.6 Å². The molecule has 2 amide bonds. The van der Waals surface area contributed by atoms with Crippen LogP contribution in [0.5, 0.6) is 0 Å². The van der Waals surface area contributed by atoms with Gasteiger partial charge in [0.1, 0.15) is 5.82 Å². The van der Waals surface area contributed by atoms with E-state index in [0.29, 0.717) is 5.02 Å². The summed E-state index contributed by atoms with van der Waals surface area (Å²) in [6.07, 6.45) is 0. The van der Waals surface area contributed by atoms with Crippen LogP contribution < -0.4 is 5.32 Å². The second-order valence-electron chi connectivity index (χ2n) is 5.76. The first-order valence-corrected chi connectivity index (χ1v) is 9.76. The van der Waals surface area contributed by atoms with E-state index in [1.165, 1.54) is 51.7 Å². The molecule has 0 spiro atoms. The number of halogens is 2. The van der Waals surface area contributed by atoms with Crippen LogP contribution in [0.15, 0.2) is 53.4 Å². The van der Waals surface area contributed by atoms with Crippen LogP contribution in [-0.4, -0.2) is 49.8 Å². The molecule has 0 bridgehead atoms. The number of amides is 2. The maximum atomic E-state index is 13.6. The zero-order valence-corrected chi connectivity index (χ0v) is 15.3. The molecule has 2 aromatic rings. The summed E-state index contributed by atoms with van der Waals surface area (Å²) in [5, 5.41) is 2.96. The van der Waals surface area contributed by atoms with Crippen molar-refractivity contribution >= 4 is 33.3 Å². The van der Waals surface area contributed by atoms with Gasteiger partial charge < -0.3 is 10.2 Å². The number of carbonyl (C=O) groups is 1. The lowest BCUT2D eigenvalue weighted by Crippen LogP contribution is -2.51. The maximum Gasteiger partial charge on any atom is 0.322 e. The minimum atomic E-state index is -3.64. The zero-order chi connectivity index (χ0) is 18.7. The number of piperazine rings is 1. The van der Waals surface area contributed by atoms with Gasteiger partial charge in [-0.3, -0.25) is 0 Å². The molecule has 1 saturated heterocycles. The van der Waals surface area contributed by atoms with E-state index < -0.39 is 21.9 Å². The summed E-state index contributed by atoms with van der Waals surface area (Å²) in [4.78, 5) is 13.9. The quantitative estimate of drug-likeness (QED) is 0.865. The molecule has 0 aromatic heterocycles. The third-order valence-electron chi connectivity index (χ3n) is 4.09. The topological polar surface area (TPSA) is 69.7 Å². The smallest absolute Gasteiger partial charge is 0.322 e. The van der Waals surface area contributed by atoms with Crippen molar-refractivity contribution < 1.29 is 17.6 Å². The van der Waals surface area contributed by atoms with Crippen molar-refractivity contribution in [3.05, 3.63) is 59.4 Å². The van der Waals surface area contributed by atoms with Gasteiger partial charge in [-0.1, -0.05) is 23.7 Å². The van der Waals surface area contributed by atoms with Crippen LogP contribution in [0.1, 0.15) is 0 Å². The Balaban J connectivity index is 1.62. The molecule has 0 unspecified atom stereocenters. The molecule has 6 nitrogen and oxygen atoms in total. The minimum Gasteiger partial charge on any atom is -0.322 e. The zero-order valence-electron chi connectivity index (χ0n) is 13.7. The number of rotatable bonds is 3. The summed E-state index contributed by atoms with van der Waals surface area (Å²) < 4.78 is 40.2. The second kappa shape index (κ2) is 7.61. The molecule has 1 heterocycles. The summed E-state index contributed by atoms with van der Waals surface area (Å²) in [6.45, 7) is 0.755. The Morgan fingerprint density at radius 2 is 1.62 bits per heavy atom. The van der Waals surface area contributed by atoms with Crippen LogP contribution in [0, 0.1) is 5.82 Å². The van der Waals surface area contributed by atoms with E-state index in [9.17, 15) is 17.6 Å². The predicted octanol–water partition coefficient (Wildman–Crippen LogP) is 3.02. The molecule has 3 rings (SSSR count). The SMILES string of the molecule is O=C(Nc1ccccc1F)N1CCN(S(=O)(=O)c2ccc(Cl)cc2)CC1. The number of benzene rings is 2. The van der Waals surface area contributed by atoms with Crippen LogP contribution in [0.3, 0.4) is 0 Å². The fraction of sp³-hybridized carbons (Fsp3) is 0.235. The highest BCUT2D eigenvalue weighted by molar-refractivity contribution is 7.89. The van der Waals surface area contributed by atoms with Crippen molar-refractivity contribution in [1.29, 1.82) is 0 Å². The molecule has 26 heavy (non-hydrogen) atoms. The van der Waals surface area contributed by atoms with Gasteiger partial charge in [0.15, 0.2) is 0 Å². The number of carbonyl (C=O) groups excluding carboxylic acids is 1. The van der Waals surface area contributed by atoms with E-state index in [2.05, 4.69) is 5.32 Å². The lowest BCUT2D eigenvalue weighted by Gasteiger charge is -2.34. The Hall–Kier alpha value is -2.16. The van der Waals surface area contributed by atoms with Gasteiger partial charge in [0, 0.05) is 31.2 Å². The first kappa shape index (κ1) is 18.6. The number of urea groups is 1. The summed E-state index contributed by atoms with van der Waals surface area (Å²) in [5.41, 5.74) is 0.0914. The van der Waals surface area contributed by atoms with Gasteiger partial charge in [-0.15, -0.1) is 0 Å². The number of hydrogen-bond acceptors (Lipinski definition) is 3. The van der Waals surface area contributed by atoms with Crippen molar-refractivity contribution in [3.63, 3.8) is 0 Å². The number of nitrogens with one attached hydrogen (secondary N) is 1. The molecule has 1 aliphatic rings. The third kappa shape index (κ3) is 3.98. The average Bonchev–Trinajstić information content (AvgIpc) is 2.64. The van der Waals surface area contributed by atoms with E-state index in [1.54, 1.807) is 6.07 Å². The van der Waals surface area contributed by atoms with Crippen molar-refractivity contribution in [2.45, 2.75) is 4.90 Å². The molecule has 138 valence electrons. The monoisotopic (exact) mass is 397 g/mol. The summed E-state index contributed by atoms with van der Waals surface area (Å²) >= 11 is 5.79. The number of anilines is 1. The van der Waals surface area contributed by atoms with Crippen LogP contribution in [0.4, 0.5) is 14.9 Å². The Kier molecular flexibility index (Phi) is 5.45. The summed E-state index contributed by atoms with van der Waals surface area (Å²) in [7, 11) is -3.64. The largest absolute Gasteiger partial charge is 0.322 e. The van der Waals surface area contributed by atoms with Gasteiger partial charge in [-0.05, 0) is 36.4 Å². The predicted molar refractivity (Wildman–Crippen MR) is 97.2 cm³/mol. The van der Waals surface area contributed by atoms with E-state index >= 15 is 0 Å². The fourth-order valence-electron chi connectivity index (χ4n) is 2.64. The first-order chi connectivity index (χ1) is 12.4. The molecule has 0 saturated carbocycles. The van der Waals surface area contributed by atoms with Gasteiger partial charge in [0.05, 0.1) is 10.6 Å². The van der Waals surface area contributed by atoms with Crippen LogP contribution >= 0.6 is 11.6 Å². The third-order valence-corrected chi connectivity index (χ3v) is 6.26. The van der Waals surface area contributed by atoms with Gasteiger partial charge >= 0.3 is 6.03 Å². The molecular formula is C17H17ClFN3O3S. The standard InChI is InChI=1S/C17H17ClFN3O3S/c18-13-5-7-14(8-6-13)26(24,25)22-11-9-21(10-12-22)17(23)20-16-4-2-1-3-15(16)19/h1-8H,9-12H2,(H,20,23). The molecule has 1 N–H and O–H groups in total. The van der Waals surface area contributed by atoms with Gasteiger partial charge in [0.2, 0.25) is 10.0 Å². The van der Waals surface area contributed by atoms with E-state index in [1.807, 2.05) is 0 Å². The molecule has 0 aliphatic carbocycles.